The van der Waals surface area contributed by atoms with Gasteiger partial charge in [-0.25, -0.2) is 4.79 Å². The summed E-state index contributed by atoms with van der Waals surface area (Å²) in [6.07, 6.45) is 5.06. The molecule has 98 valence electrons. The molecule has 1 aromatic rings. The van der Waals surface area contributed by atoms with Gasteiger partial charge in [-0.1, -0.05) is 30.3 Å². The molecule has 3 amide bonds. The van der Waals surface area contributed by atoms with Gasteiger partial charge in [0.25, 0.3) is 0 Å². The summed E-state index contributed by atoms with van der Waals surface area (Å²) in [6.45, 7) is 0.597. The Kier molecular flexibility index (Phi) is 3.07. The van der Waals surface area contributed by atoms with Crippen LogP contribution in [0.25, 0.3) is 5.57 Å². The maximum atomic E-state index is 11.5. The molecule has 0 saturated carbocycles. The Hall–Kier alpha value is -2.10. The number of amides is 3. The van der Waals surface area contributed by atoms with Gasteiger partial charge in [0, 0.05) is 6.54 Å². The number of urea groups is 1. The summed E-state index contributed by atoms with van der Waals surface area (Å²) in [6, 6.07) is 8.09. The SMILES string of the molecule is O=C1CNC(=O)N1CCC1=CCCc2ccccc21. The molecule has 19 heavy (non-hydrogen) atoms. The van der Waals surface area contributed by atoms with Crippen LogP contribution in [0.4, 0.5) is 4.79 Å². The largest absolute Gasteiger partial charge is 0.329 e. The number of hydrogen-bond acceptors (Lipinski definition) is 2. The molecule has 4 heteroatoms. The van der Waals surface area contributed by atoms with Crippen molar-refractivity contribution in [2.24, 2.45) is 0 Å². The maximum Gasteiger partial charge on any atom is 0.324 e. The van der Waals surface area contributed by atoms with Crippen molar-refractivity contribution in [1.29, 1.82) is 0 Å². The quantitative estimate of drug-likeness (QED) is 0.840. The van der Waals surface area contributed by atoms with E-state index in [1.54, 1.807) is 0 Å². The number of carbonyl (C=O) groups is 2. The molecule has 0 unspecified atom stereocenters. The minimum absolute atomic E-state index is 0.130. The van der Waals surface area contributed by atoms with Gasteiger partial charge in [0.2, 0.25) is 5.91 Å². The second kappa shape index (κ2) is 4.88. The summed E-state index contributed by atoms with van der Waals surface area (Å²) < 4.78 is 0. The monoisotopic (exact) mass is 256 g/mol. The standard InChI is InChI=1S/C15H16N2O2/c18-14-10-16-15(19)17(14)9-8-12-6-3-5-11-4-1-2-7-13(11)12/h1-2,4,6-7H,3,5,8-10H2,(H,16,19). The van der Waals surface area contributed by atoms with Crippen molar-refractivity contribution in [1.82, 2.24) is 10.2 Å². The number of benzene rings is 1. The number of hydrogen-bond donors (Lipinski definition) is 1. The van der Waals surface area contributed by atoms with Gasteiger partial charge in [0.15, 0.2) is 0 Å². The van der Waals surface area contributed by atoms with Crippen LogP contribution in [-0.4, -0.2) is 29.9 Å². The third-order valence-corrected chi connectivity index (χ3v) is 3.71. The third-order valence-electron chi connectivity index (χ3n) is 3.71. The number of carbonyl (C=O) groups excluding carboxylic acids is 2. The number of imide groups is 1. The number of fused-ring (bicyclic) bond motifs is 1. The number of nitrogens with zero attached hydrogens (tertiary/aromatic N) is 1. The van der Waals surface area contributed by atoms with E-state index in [0.717, 1.165) is 19.3 Å². The van der Waals surface area contributed by atoms with Crippen LogP contribution in [0.15, 0.2) is 30.3 Å². The molecule has 3 rings (SSSR count). The highest BCUT2D eigenvalue weighted by atomic mass is 16.2. The molecule has 1 aliphatic heterocycles. The van der Waals surface area contributed by atoms with Gasteiger partial charge in [0.05, 0.1) is 6.54 Å². The van der Waals surface area contributed by atoms with Crippen LogP contribution >= 0.6 is 0 Å². The summed E-state index contributed by atoms with van der Waals surface area (Å²) in [4.78, 5) is 24.3. The fourth-order valence-electron chi connectivity index (χ4n) is 2.71. The molecule has 1 aromatic carbocycles. The van der Waals surface area contributed by atoms with E-state index in [9.17, 15) is 9.59 Å². The number of allylic oxidation sites excluding steroid dienone is 1. The lowest BCUT2D eigenvalue weighted by molar-refractivity contribution is -0.124. The van der Waals surface area contributed by atoms with Crippen molar-refractivity contribution < 1.29 is 9.59 Å². The average molecular weight is 256 g/mol. The van der Waals surface area contributed by atoms with Gasteiger partial charge in [-0.2, -0.15) is 0 Å². The lowest BCUT2D eigenvalue weighted by Crippen LogP contribution is -2.32. The summed E-state index contributed by atoms with van der Waals surface area (Å²) in [5.74, 6) is -0.130. The summed E-state index contributed by atoms with van der Waals surface area (Å²) in [5, 5.41) is 2.54. The molecule has 1 heterocycles. The van der Waals surface area contributed by atoms with E-state index in [4.69, 9.17) is 0 Å². The van der Waals surface area contributed by atoms with Crippen LogP contribution in [0.2, 0.25) is 0 Å². The van der Waals surface area contributed by atoms with E-state index in [0.29, 0.717) is 6.54 Å². The van der Waals surface area contributed by atoms with Gasteiger partial charge < -0.3 is 5.32 Å². The van der Waals surface area contributed by atoms with E-state index in [1.807, 2.05) is 6.07 Å². The van der Waals surface area contributed by atoms with Crippen LogP contribution in [-0.2, 0) is 11.2 Å². The van der Waals surface area contributed by atoms with Crippen LogP contribution in [0.1, 0.15) is 24.0 Å². The van der Waals surface area contributed by atoms with Crippen molar-refractivity contribution in [3.05, 3.63) is 41.5 Å². The molecule has 1 fully saturated rings. The van der Waals surface area contributed by atoms with Crippen molar-refractivity contribution >= 4 is 17.5 Å². The molecule has 2 aliphatic rings. The van der Waals surface area contributed by atoms with Gasteiger partial charge in [0.1, 0.15) is 0 Å². The second-order valence-corrected chi connectivity index (χ2v) is 4.88. The highest BCUT2D eigenvalue weighted by Gasteiger charge is 2.28. The molecule has 1 aliphatic carbocycles. The van der Waals surface area contributed by atoms with Crippen molar-refractivity contribution in [2.75, 3.05) is 13.1 Å². The molecule has 0 bridgehead atoms. The highest BCUT2D eigenvalue weighted by Crippen LogP contribution is 2.28. The van der Waals surface area contributed by atoms with Gasteiger partial charge >= 0.3 is 6.03 Å². The average Bonchev–Trinajstić information content (AvgIpc) is 2.76. The zero-order valence-electron chi connectivity index (χ0n) is 10.7. The Morgan fingerprint density at radius 1 is 1.21 bits per heavy atom. The fraction of sp³-hybridized carbons (Fsp3) is 0.333. The normalized spacial score (nSPS) is 18.1. The van der Waals surface area contributed by atoms with Gasteiger partial charge in [-0.05, 0) is 36.0 Å². The molecule has 4 nitrogen and oxygen atoms in total. The molecule has 0 aromatic heterocycles. The van der Waals surface area contributed by atoms with Gasteiger partial charge in [-0.15, -0.1) is 0 Å². The van der Waals surface area contributed by atoms with E-state index in [1.165, 1.54) is 21.6 Å². The molecule has 0 spiro atoms. The van der Waals surface area contributed by atoms with E-state index >= 15 is 0 Å². The fourth-order valence-corrected chi connectivity index (χ4v) is 2.71. The zero-order valence-corrected chi connectivity index (χ0v) is 10.7. The van der Waals surface area contributed by atoms with Gasteiger partial charge in [-0.3, -0.25) is 9.69 Å². The topological polar surface area (TPSA) is 49.4 Å². The predicted octanol–water partition coefficient (Wildman–Crippen LogP) is 1.96. The Bertz CT molecular complexity index is 547. The summed E-state index contributed by atoms with van der Waals surface area (Å²) in [5.41, 5.74) is 3.87. The summed E-state index contributed by atoms with van der Waals surface area (Å²) in [7, 11) is 0. The van der Waals surface area contributed by atoms with Crippen LogP contribution in [0.5, 0.6) is 0 Å². The first-order chi connectivity index (χ1) is 9.25. The molecule has 1 saturated heterocycles. The minimum Gasteiger partial charge on any atom is -0.329 e. The molecule has 0 atom stereocenters. The zero-order chi connectivity index (χ0) is 13.2. The second-order valence-electron chi connectivity index (χ2n) is 4.88. The first-order valence-electron chi connectivity index (χ1n) is 6.61. The molecular formula is C15H16N2O2. The van der Waals surface area contributed by atoms with Crippen LogP contribution in [0, 0.1) is 0 Å². The summed E-state index contributed by atoms with van der Waals surface area (Å²) >= 11 is 0. The van der Waals surface area contributed by atoms with Crippen LogP contribution in [0.3, 0.4) is 0 Å². The Morgan fingerprint density at radius 3 is 2.84 bits per heavy atom. The minimum atomic E-state index is -0.269. The van der Waals surface area contributed by atoms with Crippen molar-refractivity contribution in [3.63, 3.8) is 0 Å². The van der Waals surface area contributed by atoms with E-state index < -0.39 is 0 Å². The first-order valence-corrected chi connectivity index (χ1v) is 6.61. The molecular weight excluding hydrogens is 240 g/mol. The van der Waals surface area contributed by atoms with E-state index in [-0.39, 0.29) is 18.5 Å². The third kappa shape index (κ3) is 2.26. The number of aryl methyl sites for hydroxylation is 1. The lowest BCUT2D eigenvalue weighted by Gasteiger charge is -2.19. The maximum absolute atomic E-state index is 11.5. The lowest BCUT2D eigenvalue weighted by atomic mass is 9.89. The number of rotatable bonds is 3. The van der Waals surface area contributed by atoms with Crippen LogP contribution < -0.4 is 5.32 Å². The smallest absolute Gasteiger partial charge is 0.324 e. The van der Waals surface area contributed by atoms with Crippen molar-refractivity contribution in [2.45, 2.75) is 19.3 Å². The molecule has 1 N–H and O–H groups in total. The highest BCUT2D eigenvalue weighted by molar-refractivity contribution is 6.02. The predicted molar refractivity (Wildman–Crippen MR) is 72.5 cm³/mol. The Labute approximate surface area is 112 Å². The van der Waals surface area contributed by atoms with Crippen molar-refractivity contribution in [3.8, 4) is 0 Å². The Balaban J connectivity index is 1.72. The molecule has 0 radical (unpaired) electrons. The Morgan fingerprint density at radius 2 is 2.05 bits per heavy atom. The number of nitrogens with one attached hydrogen (secondary N) is 1. The van der Waals surface area contributed by atoms with E-state index in [2.05, 4.69) is 29.6 Å². The first kappa shape index (κ1) is 12.0.